The van der Waals surface area contributed by atoms with Gasteiger partial charge in [0.25, 0.3) is 0 Å². The van der Waals surface area contributed by atoms with Crippen LogP contribution in [0, 0.1) is 6.92 Å². The second-order valence-electron chi connectivity index (χ2n) is 4.62. The molecule has 2 N–H and O–H groups in total. The fraction of sp³-hybridized carbons (Fsp3) is 0.500. The van der Waals surface area contributed by atoms with Crippen LogP contribution in [0.4, 0.5) is 5.82 Å². The van der Waals surface area contributed by atoms with Crippen molar-refractivity contribution >= 4 is 17.4 Å². The van der Waals surface area contributed by atoms with Crippen molar-refractivity contribution in [2.75, 3.05) is 11.9 Å². The molecule has 2 aromatic heterocycles. The van der Waals surface area contributed by atoms with Crippen LogP contribution >= 0.6 is 0 Å². The minimum absolute atomic E-state index is 0.0205. The summed E-state index contributed by atoms with van der Waals surface area (Å²) in [6.45, 7) is 6.26. The summed E-state index contributed by atoms with van der Waals surface area (Å²) < 4.78 is 1.85. The first kappa shape index (κ1) is 13.3. The van der Waals surface area contributed by atoms with Gasteiger partial charge in [-0.3, -0.25) is 9.20 Å². The van der Waals surface area contributed by atoms with E-state index in [-0.39, 0.29) is 11.9 Å². The van der Waals surface area contributed by atoms with Crippen molar-refractivity contribution in [3.8, 4) is 0 Å². The zero-order valence-corrected chi connectivity index (χ0v) is 11.3. The number of hydrogen-bond donors (Lipinski definition) is 2. The molecule has 0 atom stereocenters. The van der Waals surface area contributed by atoms with Crippen molar-refractivity contribution in [1.29, 1.82) is 0 Å². The Balaban J connectivity index is 1.97. The Morgan fingerprint density at radius 1 is 1.42 bits per heavy atom. The molecule has 0 saturated carbocycles. The molecule has 0 bridgehead atoms. The standard InChI is InChI=1S/C12H18N6O/c1-8(2)15-10(19)4-5-13-11-12-17-16-9(3)18(12)7-6-14-11/h6-8H,4-5H2,1-3H3,(H,13,14)(H,15,19). The molecule has 2 rings (SSSR count). The third-order valence-corrected chi connectivity index (χ3v) is 2.59. The predicted octanol–water partition coefficient (Wildman–Crippen LogP) is 0.759. The highest BCUT2D eigenvalue weighted by molar-refractivity contribution is 5.76. The van der Waals surface area contributed by atoms with Crippen LogP contribution in [0.1, 0.15) is 26.1 Å². The molecule has 1 amide bonds. The van der Waals surface area contributed by atoms with Crippen LogP contribution < -0.4 is 10.6 Å². The maximum atomic E-state index is 11.5. The van der Waals surface area contributed by atoms with Crippen molar-refractivity contribution in [2.45, 2.75) is 33.2 Å². The van der Waals surface area contributed by atoms with Crippen LogP contribution in [0.2, 0.25) is 0 Å². The highest BCUT2D eigenvalue weighted by Crippen LogP contribution is 2.11. The topological polar surface area (TPSA) is 84.2 Å². The monoisotopic (exact) mass is 262 g/mol. The van der Waals surface area contributed by atoms with Gasteiger partial charge in [0.05, 0.1) is 0 Å². The third kappa shape index (κ3) is 3.18. The lowest BCUT2D eigenvalue weighted by Gasteiger charge is -2.09. The molecule has 2 aromatic rings. The summed E-state index contributed by atoms with van der Waals surface area (Å²) in [4.78, 5) is 15.7. The lowest BCUT2D eigenvalue weighted by molar-refractivity contribution is -0.121. The Bertz CT molecular complexity index is 577. The molecular formula is C12H18N6O. The molecule has 0 aromatic carbocycles. The molecule has 0 aliphatic carbocycles. The molecule has 2 heterocycles. The second kappa shape index (κ2) is 5.64. The van der Waals surface area contributed by atoms with Gasteiger partial charge in [-0.1, -0.05) is 0 Å². The van der Waals surface area contributed by atoms with Crippen LogP contribution in [0.25, 0.3) is 5.65 Å². The summed E-state index contributed by atoms with van der Waals surface area (Å²) in [7, 11) is 0. The number of aromatic nitrogens is 4. The minimum Gasteiger partial charge on any atom is -0.366 e. The van der Waals surface area contributed by atoms with E-state index in [1.807, 2.05) is 25.2 Å². The van der Waals surface area contributed by atoms with Gasteiger partial charge in [-0.25, -0.2) is 4.98 Å². The van der Waals surface area contributed by atoms with E-state index in [1.54, 1.807) is 12.4 Å². The van der Waals surface area contributed by atoms with Crippen molar-refractivity contribution in [1.82, 2.24) is 24.9 Å². The average Bonchev–Trinajstić information content (AvgIpc) is 2.71. The summed E-state index contributed by atoms with van der Waals surface area (Å²) in [6, 6.07) is 0.160. The summed E-state index contributed by atoms with van der Waals surface area (Å²) in [5.74, 6) is 1.46. The van der Waals surface area contributed by atoms with Crippen molar-refractivity contribution in [2.24, 2.45) is 0 Å². The third-order valence-electron chi connectivity index (χ3n) is 2.59. The largest absolute Gasteiger partial charge is 0.366 e. The molecule has 7 heteroatoms. The van der Waals surface area contributed by atoms with Gasteiger partial charge >= 0.3 is 0 Å². The average molecular weight is 262 g/mol. The van der Waals surface area contributed by atoms with Crippen LogP contribution in [0.5, 0.6) is 0 Å². The number of nitrogens with one attached hydrogen (secondary N) is 2. The molecule has 0 aliphatic rings. The summed E-state index contributed by atoms with van der Waals surface area (Å²) >= 11 is 0. The SMILES string of the molecule is Cc1nnc2c(NCCC(=O)NC(C)C)nccn12. The van der Waals surface area contributed by atoms with Crippen molar-refractivity contribution in [3.63, 3.8) is 0 Å². The number of amides is 1. The van der Waals surface area contributed by atoms with E-state index in [0.29, 0.717) is 24.4 Å². The highest BCUT2D eigenvalue weighted by atomic mass is 16.1. The van der Waals surface area contributed by atoms with E-state index >= 15 is 0 Å². The summed E-state index contributed by atoms with van der Waals surface area (Å²) in [5, 5.41) is 14.0. The lowest BCUT2D eigenvalue weighted by Crippen LogP contribution is -2.31. The maximum absolute atomic E-state index is 11.5. The quantitative estimate of drug-likeness (QED) is 0.831. The Kier molecular flexibility index (Phi) is 3.94. The zero-order chi connectivity index (χ0) is 13.8. The molecule has 0 radical (unpaired) electrons. The molecule has 0 fully saturated rings. The van der Waals surface area contributed by atoms with Gasteiger partial charge in [0.15, 0.2) is 5.82 Å². The van der Waals surface area contributed by atoms with Crippen LogP contribution in [-0.2, 0) is 4.79 Å². The Labute approximate surface area is 111 Å². The van der Waals surface area contributed by atoms with Gasteiger partial charge in [0, 0.05) is 31.4 Å². The molecule has 0 spiro atoms. The normalized spacial score (nSPS) is 10.9. The first-order chi connectivity index (χ1) is 9.08. The fourth-order valence-corrected chi connectivity index (χ4v) is 1.75. The Morgan fingerprint density at radius 2 is 2.21 bits per heavy atom. The van der Waals surface area contributed by atoms with E-state index in [4.69, 9.17) is 0 Å². The van der Waals surface area contributed by atoms with Crippen molar-refractivity contribution in [3.05, 3.63) is 18.2 Å². The van der Waals surface area contributed by atoms with E-state index < -0.39 is 0 Å². The molecular weight excluding hydrogens is 244 g/mol. The number of aryl methyl sites for hydroxylation is 1. The van der Waals surface area contributed by atoms with Crippen LogP contribution in [0.15, 0.2) is 12.4 Å². The first-order valence-electron chi connectivity index (χ1n) is 6.27. The first-order valence-corrected chi connectivity index (χ1v) is 6.27. The number of carbonyl (C=O) groups excluding carboxylic acids is 1. The number of carbonyl (C=O) groups is 1. The molecule has 0 aliphatic heterocycles. The summed E-state index contributed by atoms with van der Waals surface area (Å²) in [6.07, 6.45) is 3.88. The zero-order valence-electron chi connectivity index (χ0n) is 11.3. The maximum Gasteiger partial charge on any atom is 0.221 e. The predicted molar refractivity (Wildman–Crippen MR) is 71.9 cm³/mol. The molecule has 0 unspecified atom stereocenters. The van der Waals surface area contributed by atoms with Gasteiger partial charge in [-0.2, -0.15) is 0 Å². The van der Waals surface area contributed by atoms with Gasteiger partial charge < -0.3 is 10.6 Å². The molecule has 102 valence electrons. The van der Waals surface area contributed by atoms with Crippen molar-refractivity contribution < 1.29 is 4.79 Å². The van der Waals surface area contributed by atoms with Gasteiger partial charge in [0.2, 0.25) is 11.6 Å². The molecule has 0 saturated heterocycles. The fourth-order valence-electron chi connectivity index (χ4n) is 1.75. The van der Waals surface area contributed by atoms with Gasteiger partial charge in [-0.15, -0.1) is 10.2 Å². The minimum atomic E-state index is 0.0205. The number of rotatable bonds is 5. The van der Waals surface area contributed by atoms with Crippen LogP contribution in [0.3, 0.4) is 0 Å². The number of hydrogen-bond acceptors (Lipinski definition) is 5. The highest BCUT2D eigenvalue weighted by Gasteiger charge is 2.08. The number of nitrogens with zero attached hydrogens (tertiary/aromatic N) is 4. The van der Waals surface area contributed by atoms with E-state index in [2.05, 4.69) is 25.8 Å². The number of anilines is 1. The van der Waals surface area contributed by atoms with E-state index in [0.717, 1.165) is 5.82 Å². The van der Waals surface area contributed by atoms with Gasteiger partial charge in [-0.05, 0) is 20.8 Å². The molecule has 19 heavy (non-hydrogen) atoms. The second-order valence-corrected chi connectivity index (χ2v) is 4.62. The van der Waals surface area contributed by atoms with Crippen LogP contribution in [-0.4, -0.2) is 38.1 Å². The Hall–Kier alpha value is -2.18. The smallest absolute Gasteiger partial charge is 0.221 e. The Morgan fingerprint density at radius 3 is 2.95 bits per heavy atom. The lowest BCUT2D eigenvalue weighted by atomic mass is 10.3. The molecule has 7 nitrogen and oxygen atoms in total. The summed E-state index contributed by atoms with van der Waals surface area (Å²) in [5.41, 5.74) is 0.671. The van der Waals surface area contributed by atoms with Gasteiger partial charge in [0.1, 0.15) is 5.82 Å². The number of fused-ring (bicyclic) bond motifs is 1. The van der Waals surface area contributed by atoms with E-state index in [9.17, 15) is 4.79 Å². The van der Waals surface area contributed by atoms with E-state index in [1.165, 1.54) is 0 Å².